The van der Waals surface area contributed by atoms with Gasteiger partial charge in [-0.3, -0.25) is 0 Å². The van der Waals surface area contributed by atoms with Gasteiger partial charge in [0.2, 0.25) is 0 Å². The fraction of sp³-hybridized carbons (Fsp3) is 0.250. The molecule has 0 amide bonds. The molecule has 2 nitrogen and oxygen atoms in total. The summed E-state index contributed by atoms with van der Waals surface area (Å²) in [6.07, 6.45) is 0. The molecule has 0 bridgehead atoms. The van der Waals surface area contributed by atoms with Gasteiger partial charge in [-0.2, -0.15) is 0 Å². The Morgan fingerprint density at radius 1 is 1.36 bits per heavy atom. The number of hydrogen-bond donors (Lipinski definition) is 1. The maximum Gasteiger partial charge on any atom is 0.117 e. The summed E-state index contributed by atoms with van der Waals surface area (Å²) in [4.78, 5) is 1.93. The Labute approximate surface area is 74.6 Å². The van der Waals surface area contributed by atoms with Gasteiger partial charge >= 0.3 is 0 Å². The Bertz CT molecular complexity index is 260. The third-order valence-electron chi connectivity index (χ3n) is 1.41. The van der Waals surface area contributed by atoms with Gasteiger partial charge in [0, 0.05) is 24.6 Å². The van der Waals surface area contributed by atoms with E-state index < -0.39 is 0 Å². The predicted molar refractivity (Wildman–Crippen MR) is 50.1 cm³/mol. The fourth-order valence-corrected chi connectivity index (χ4v) is 1.45. The summed E-state index contributed by atoms with van der Waals surface area (Å²) in [5.74, 6) is 0.289. The third kappa shape index (κ3) is 1.87. The van der Waals surface area contributed by atoms with E-state index in [0.717, 1.165) is 10.2 Å². The lowest BCUT2D eigenvalue weighted by molar-refractivity contribution is 0.475. The van der Waals surface area contributed by atoms with Crippen LogP contribution in [0.15, 0.2) is 22.7 Å². The highest BCUT2D eigenvalue weighted by molar-refractivity contribution is 9.10. The average molecular weight is 216 g/mol. The quantitative estimate of drug-likeness (QED) is 0.777. The summed E-state index contributed by atoms with van der Waals surface area (Å²) in [6, 6.07) is 5.19. The molecule has 11 heavy (non-hydrogen) atoms. The molecule has 3 heteroatoms. The molecule has 1 aromatic carbocycles. The molecule has 1 rings (SSSR count). The van der Waals surface area contributed by atoms with Crippen LogP contribution >= 0.6 is 15.9 Å². The first kappa shape index (κ1) is 8.40. The van der Waals surface area contributed by atoms with Gasteiger partial charge in [0.1, 0.15) is 5.75 Å². The third-order valence-corrected chi connectivity index (χ3v) is 2.08. The Morgan fingerprint density at radius 2 is 2.00 bits per heavy atom. The second-order valence-corrected chi connectivity index (χ2v) is 3.38. The van der Waals surface area contributed by atoms with Crippen LogP contribution in [0.3, 0.4) is 0 Å². The van der Waals surface area contributed by atoms with E-state index in [4.69, 9.17) is 5.11 Å². The molecule has 0 saturated heterocycles. The highest BCUT2D eigenvalue weighted by Gasteiger charge is 2.01. The van der Waals surface area contributed by atoms with Crippen molar-refractivity contribution in [3.8, 4) is 5.75 Å². The predicted octanol–water partition coefficient (Wildman–Crippen LogP) is 2.22. The van der Waals surface area contributed by atoms with Crippen molar-refractivity contribution in [3.05, 3.63) is 22.7 Å². The summed E-state index contributed by atoms with van der Waals surface area (Å²) < 4.78 is 0.986. The van der Waals surface area contributed by atoms with E-state index in [9.17, 15) is 0 Å². The van der Waals surface area contributed by atoms with Crippen LogP contribution in [0.5, 0.6) is 5.75 Å². The van der Waals surface area contributed by atoms with Gasteiger partial charge in [0.15, 0.2) is 0 Å². The van der Waals surface area contributed by atoms with Crippen LogP contribution in [-0.2, 0) is 0 Å². The summed E-state index contributed by atoms with van der Waals surface area (Å²) in [6.45, 7) is 0. The lowest BCUT2D eigenvalue weighted by Crippen LogP contribution is -2.08. The minimum absolute atomic E-state index is 0.289. The molecule has 0 fully saturated rings. The molecule has 1 N–H and O–H groups in total. The molecule has 0 aromatic heterocycles. The van der Waals surface area contributed by atoms with Gasteiger partial charge in [-0.25, -0.2) is 0 Å². The van der Waals surface area contributed by atoms with Crippen molar-refractivity contribution < 1.29 is 5.11 Å². The molecule has 0 radical (unpaired) electrons. The number of halogens is 1. The smallest absolute Gasteiger partial charge is 0.117 e. The summed E-state index contributed by atoms with van der Waals surface area (Å²) >= 11 is 3.38. The monoisotopic (exact) mass is 215 g/mol. The Balaban J connectivity index is 3.13. The zero-order valence-corrected chi connectivity index (χ0v) is 8.09. The maximum atomic E-state index is 9.14. The zero-order chi connectivity index (χ0) is 8.43. The van der Waals surface area contributed by atoms with Crippen LogP contribution in [0, 0.1) is 0 Å². The van der Waals surface area contributed by atoms with Crippen molar-refractivity contribution in [1.29, 1.82) is 0 Å². The van der Waals surface area contributed by atoms with Crippen molar-refractivity contribution >= 4 is 21.6 Å². The lowest BCUT2D eigenvalue weighted by Gasteiger charge is -2.14. The second kappa shape index (κ2) is 3.13. The number of anilines is 1. The Morgan fingerprint density at radius 3 is 2.45 bits per heavy atom. The van der Waals surface area contributed by atoms with Crippen molar-refractivity contribution in [3.63, 3.8) is 0 Å². The highest BCUT2D eigenvalue weighted by atomic mass is 79.9. The molecule has 0 saturated carbocycles. The maximum absolute atomic E-state index is 9.14. The number of aromatic hydroxyl groups is 1. The second-order valence-electron chi connectivity index (χ2n) is 2.53. The first-order valence-electron chi connectivity index (χ1n) is 3.27. The van der Waals surface area contributed by atoms with Gasteiger partial charge < -0.3 is 10.0 Å². The van der Waals surface area contributed by atoms with Crippen LogP contribution in [0.1, 0.15) is 0 Å². The highest BCUT2D eigenvalue weighted by Crippen LogP contribution is 2.28. The van der Waals surface area contributed by atoms with E-state index in [-0.39, 0.29) is 5.75 Å². The first-order valence-corrected chi connectivity index (χ1v) is 4.06. The van der Waals surface area contributed by atoms with Crippen molar-refractivity contribution in [1.82, 2.24) is 0 Å². The number of hydrogen-bond acceptors (Lipinski definition) is 2. The first-order chi connectivity index (χ1) is 5.11. The molecule has 0 aliphatic rings. The molecule has 1 aromatic rings. The normalized spacial score (nSPS) is 9.73. The van der Waals surface area contributed by atoms with E-state index >= 15 is 0 Å². The molecular formula is C8H10BrNO. The SMILES string of the molecule is CN(C)c1cc(O)ccc1Br. The van der Waals surface area contributed by atoms with E-state index in [0.29, 0.717) is 0 Å². The van der Waals surface area contributed by atoms with Crippen molar-refractivity contribution in [2.45, 2.75) is 0 Å². The van der Waals surface area contributed by atoms with Gasteiger partial charge in [0.25, 0.3) is 0 Å². The molecular weight excluding hydrogens is 206 g/mol. The van der Waals surface area contributed by atoms with Crippen LogP contribution in [0.25, 0.3) is 0 Å². The Hall–Kier alpha value is -0.700. The van der Waals surface area contributed by atoms with E-state index in [2.05, 4.69) is 15.9 Å². The zero-order valence-electron chi connectivity index (χ0n) is 6.50. The van der Waals surface area contributed by atoms with Crippen LogP contribution in [-0.4, -0.2) is 19.2 Å². The number of phenols is 1. The number of phenolic OH excluding ortho intramolecular Hbond substituents is 1. The van der Waals surface area contributed by atoms with Crippen LogP contribution in [0.2, 0.25) is 0 Å². The number of nitrogens with zero attached hydrogens (tertiary/aromatic N) is 1. The van der Waals surface area contributed by atoms with E-state index in [1.165, 1.54) is 0 Å². The molecule has 0 heterocycles. The van der Waals surface area contributed by atoms with Gasteiger partial charge in [0.05, 0.1) is 5.69 Å². The number of benzene rings is 1. The molecule has 0 spiro atoms. The minimum Gasteiger partial charge on any atom is -0.508 e. The molecule has 0 aliphatic heterocycles. The summed E-state index contributed by atoms with van der Waals surface area (Å²) in [5.41, 5.74) is 0.977. The van der Waals surface area contributed by atoms with Crippen LogP contribution < -0.4 is 4.90 Å². The largest absolute Gasteiger partial charge is 0.508 e. The molecule has 0 unspecified atom stereocenters. The molecule has 0 atom stereocenters. The Kier molecular flexibility index (Phi) is 2.39. The van der Waals surface area contributed by atoms with Crippen molar-refractivity contribution in [2.24, 2.45) is 0 Å². The number of rotatable bonds is 1. The lowest BCUT2D eigenvalue weighted by atomic mass is 10.3. The standard InChI is InChI=1S/C8H10BrNO/c1-10(2)8-5-6(11)3-4-7(8)9/h3-5,11H,1-2H3. The summed E-state index contributed by atoms with van der Waals surface area (Å²) in [5, 5.41) is 9.14. The van der Waals surface area contributed by atoms with Gasteiger partial charge in [-0.05, 0) is 28.1 Å². The minimum atomic E-state index is 0.289. The van der Waals surface area contributed by atoms with Crippen molar-refractivity contribution in [2.75, 3.05) is 19.0 Å². The topological polar surface area (TPSA) is 23.5 Å². The summed E-state index contributed by atoms with van der Waals surface area (Å²) in [7, 11) is 3.86. The van der Waals surface area contributed by atoms with Crippen LogP contribution in [0.4, 0.5) is 5.69 Å². The average Bonchev–Trinajstić information content (AvgIpc) is 1.94. The van der Waals surface area contributed by atoms with E-state index in [1.54, 1.807) is 12.1 Å². The van der Waals surface area contributed by atoms with Gasteiger partial charge in [-0.1, -0.05) is 0 Å². The molecule has 0 aliphatic carbocycles. The van der Waals surface area contributed by atoms with E-state index in [1.807, 2.05) is 25.1 Å². The molecule has 60 valence electrons. The fourth-order valence-electron chi connectivity index (χ4n) is 0.844. The van der Waals surface area contributed by atoms with Gasteiger partial charge in [-0.15, -0.1) is 0 Å².